The highest BCUT2D eigenvalue weighted by Gasteiger charge is 2.05. The Balaban J connectivity index is 2.28. The Kier molecular flexibility index (Phi) is 5.43. The molecule has 0 aliphatic heterocycles. The summed E-state index contributed by atoms with van der Waals surface area (Å²) in [4.78, 5) is 0. The SMILES string of the molecule is CCCCOCCn1cccc1C(C)O. The van der Waals surface area contributed by atoms with Gasteiger partial charge >= 0.3 is 0 Å². The van der Waals surface area contributed by atoms with Gasteiger partial charge in [0.05, 0.1) is 12.7 Å². The van der Waals surface area contributed by atoms with Crippen molar-refractivity contribution >= 4 is 0 Å². The summed E-state index contributed by atoms with van der Waals surface area (Å²) in [6.07, 6.45) is 3.86. The molecule has 0 spiro atoms. The van der Waals surface area contributed by atoms with Gasteiger partial charge in [-0.05, 0) is 25.5 Å². The first kappa shape index (κ1) is 12.3. The molecular weight excluding hydrogens is 190 g/mol. The van der Waals surface area contributed by atoms with Crippen LogP contribution in [0, 0.1) is 0 Å². The van der Waals surface area contributed by atoms with Gasteiger partial charge in [0.25, 0.3) is 0 Å². The summed E-state index contributed by atoms with van der Waals surface area (Å²) in [6.45, 7) is 6.30. The lowest BCUT2D eigenvalue weighted by Gasteiger charge is -2.11. The van der Waals surface area contributed by atoms with Crippen LogP contribution in [0.15, 0.2) is 18.3 Å². The fraction of sp³-hybridized carbons (Fsp3) is 0.667. The molecule has 1 aromatic rings. The molecule has 0 amide bonds. The largest absolute Gasteiger partial charge is 0.387 e. The molecule has 1 atom stereocenters. The first-order valence-electron chi connectivity index (χ1n) is 5.66. The van der Waals surface area contributed by atoms with Crippen LogP contribution in [0.2, 0.25) is 0 Å². The third kappa shape index (κ3) is 4.06. The van der Waals surface area contributed by atoms with Crippen LogP contribution < -0.4 is 0 Å². The highest BCUT2D eigenvalue weighted by molar-refractivity contribution is 5.09. The number of hydrogen-bond donors (Lipinski definition) is 1. The van der Waals surface area contributed by atoms with Crippen molar-refractivity contribution in [2.24, 2.45) is 0 Å². The minimum Gasteiger partial charge on any atom is -0.387 e. The van der Waals surface area contributed by atoms with Crippen LogP contribution in [-0.2, 0) is 11.3 Å². The lowest BCUT2D eigenvalue weighted by atomic mass is 10.3. The van der Waals surface area contributed by atoms with E-state index in [1.54, 1.807) is 6.92 Å². The minimum atomic E-state index is -0.407. The van der Waals surface area contributed by atoms with Gasteiger partial charge in [-0.25, -0.2) is 0 Å². The van der Waals surface area contributed by atoms with Crippen molar-refractivity contribution in [1.29, 1.82) is 0 Å². The maximum Gasteiger partial charge on any atom is 0.0911 e. The number of nitrogens with zero attached hydrogens (tertiary/aromatic N) is 1. The van der Waals surface area contributed by atoms with E-state index in [0.29, 0.717) is 6.61 Å². The predicted molar refractivity (Wildman–Crippen MR) is 60.8 cm³/mol. The Morgan fingerprint density at radius 2 is 2.27 bits per heavy atom. The summed E-state index contributed by atoms with van der Waals surface area (Å²) in [7, 11) is 0. The standard InChI is InChI=1S/C12H21NO2/c1-3-4-9-15-10-8-13-7-5-6-12(13)11(2)14/h5-7,11,14H,3-4,8-10H2,1-2H3. The van der Waals surface area contributed by atoms with E-state index in [-0.39, 0.29) is 0 Å². The van der Waals surface area contributed by atoms with Gasteiger partial charge in [0, 0.05) is 25.0 Å². The van der Waals surface area contributed by atoms with Gasteiger partial charge in [-0.3, -0.25) is 0 Å². The molecule has 0 aliphatic rings. The monoisotopic (exact) mass is 211 g/mol. The summed E-state index contributed by atoms with van der Waals surface area (Å²) in [6, 6.07) is 3.89. The van der Waals surface area contributed by atoms with Crippen LogP contribution >= 0.6 is 0 Å². The van der Waals surface area contributed by atoms with Crippen molar-refractivity contribution in [2.75, 3.05) is 13.2 Å². The third-order valence-corrected chi connectivity index (χ3v) is 2.41. The van der Waals surface area contributed by atoms with E-state index in [1.807, 2.05) is 22.9 Å². The molecule has 86 valence electrons. The first-order chi connectivity index (χ1) is 7.25. The molecule has 1 unspecified atom stereocenters. The van der Waals surface area contributed by atoms with Gasteiger partial charge in [-0.2, -0.15) is 0 Å². The Hall–Kier alpha value is -0.800. The topological polar surface area (TPSA) is 34.4 Å². The van der Waals surface area contributed by atoms with Crippen LogP contribution in [0.3, 0.4) is 0 Å². The second-order valence-electron chi connectivity index (χ2n) is 3.77. The molecule has 0 saturated heterocycles. The average molecular weight is 211 g/mol. The zero-order valence-corrected chi connectivity index (χ0v) is 9.65. The predicted octanol–water partition coefficient (Wildman–Crippen LogP) is 2.36. The fourth-order valence-electron chi connectivity index (χ4n) is 1.52. The summed E-state index contributed by atoms with van der Waals surface area (Å²) in [5, 5.41) is 9.47. The van der Waals surface area contributed by atoms with Crippen LogP contribution in [0.25, 0.3) is 0 Å². The molecule has 1 rings (SSSR count). The number of ether oxygens (including phenoxy) is 1. The van der Waals surface area contributed by atoms with E-state index in [1.165, 1.54) is 6.42 Å². The fourth-order valence-corrected chi connectivity index (χ4v) is 1.52. The average Bonchev–Trinajstić information content (AvgIpc) is 2.66. The molecule has 0 aromatic carbocycles. The lowest BCUT2D eigenvalue weighted by Crippen LogP contribution is -2.10. The second-order valence-corrected chi connectivity index (χ2v) is 3.77. The zero-order chi connectivity index (χ0) is 11.1. The van der Waals surface area contributed by atoms with Gasteiger partial charge in [-0.1, -0.05) is 13.3 Å². The van der Waals surface area contributed by atoms with Gasteiger partial charge in [0.15, 0.2) is 0 Å². The normalized spacial score (nSPS) is 13.0. The van der Waals surface area contributed by atoms with E-state index in [4.69, 9.17) is 4.74 Å². The molecule has 15 heavy (non-hydrogen) atoms. The molecule has 1 N–H and O–H groups in total. The smallest absolute Gasteiger partial charge is 0.0911 e. The number of aliphatic hydroxyl groups is 1. The number of hydrogen-bond acceptors (Lipinski definition) is 2. The van der Waals surface area contributed by atoms with Crippen molar-refractivity contribution in [1.82, 2.24) is 4.57 Å². The van der Waals surface area contributed by atoms with Crippen LogP contribution in [0.5, 0.6) is 0 Å². The lowest BCUT2D eigenvalue weighted by molar-refractivity contribution is 0.119. The molecule has 0 radical (unpaired) electrons. The second kappa shape index (κ2) is 6.64. The van der Waals surface area contributed by atoms with Crippen molar-refractivity contribution in [3.8, 4) is 0 Å². The Labute approximate surface area is 91.7 Å². The molecule has 1 heterocycles. The molecule has 0 aliphatic carbocycles. The van der Waals surface area contributed by atoms with E-state index < -0.39 is 6.10 Å². The van der Waals surface area contributed by atoms with Gasteiger partial charge in [0.2, 0.25) is 0 Å². The molecular formula is C12H21NO2. The van der Waals surface area contributed by atoms with Crippen molar-refractivity contribution < 1.29 is 9.84 Å². The summed E-state index contributed by atoms with van der Waals surface area (Å²) in [5.41, 5.74) is 0.953. The van der Waals surface area contributed by atoms with Crippen LogP contribution in [0.4, 0.5) is 0 Å². The number of aliphatic hydroxyl groups excluding tert-OH is 1. The molecule has 1 aromatic heterocycles. The van der Waals surface area contributed by atoms with E-state index in [9.17, 15) is 5.11 Å². The number of aromatic nitrogens is 1. The zero-order valence-electron chi connectivity index (χ0n) is 9.65. The third-order valence-electron chi connectivity index (χ3n) is 2.41. The molecule has 3 nitrogen and oxygen atoms in total. The summed E-state index contributed by atoms with van der Waals surface area (Å²) < 4.78 is 7.52. The van der Waals surface area contributed by atoms with E-state index >= 15 is 0 Å². The highest BCUT2D eigenvalue weighted by Crippen LogP contribution is 2.12. The van der Waals surface area contributed by atoms with Crippen LogP contribution in [-0.4, -0.2) is 22.9 Å². The molecule has 3 heteroatoms. The summed E-state index contributed by atoms with van der Waals surface area (Å²) in [5.74, 6) is 0. The minimum absolute atomic E-state index is 0.407. The number of unbranched alkanes of at least 4 members (excludes halogenated alkanes) is 1. The quantitative estimate of drug-likeness (QED) is 0.702. The Morgan fingerprint density at radius 3 is 2.93 bits per heavy atom. The maximum absolute atomic E-state index is 9.47. The van der Waals surface area contributed by atoms with Crippen LogP contribution in [0.1, 0.15) is 38.5 Å². The first-order valence-corrected chi connectivity index (χ1v) is 5.66. The van der Waals surface area contributed by atoms with E-state index in [0.717, 1.165) is 25.3 Å². The maximum atomic E-state index is 9.47. The molecule has 0 bridgehead atoms. The van der Waals surface area contributed by atoms with Gasteiger partial charge in [-0.15, -0.1) is 0 Å². The van der Waals surface area contributed by atoms with Crippen molar-refractivity contribution in [3.63, 3.8) is 0 Å². The number of rotatable bonds is 7. The van der Waals surface area contributed by atoms with Crippen molar-refractivity contribution in [2.45, 2.75) is 39.3 Å². The van der Waals surface area contributed by atoms with E-state index in [2.05, 4.69) is 6.92 Å². The molecule has 0 fully saturated rings. The molecule has 0 saturated carbocycles. The van der Waals surface area contributed by atoms with Gasteiger partial charge < -0.3 is 14.4 Å². The van der Waals surface area contributed by atoms with Crippen molar-refractivity contribution in [3.05, 3.63) is 24.0 Å². The Morgan fingerprint density at radius 1 is 1.47 bits per heavy atom. The van der Waals surface area contributed by atoms with Gasteiger partial charge in [0.1, 0.15) is 0 Å². The summed E-state index contributed by atoms with van der Waals surface area (Å²) >= 11 is 0. The Bertz CT molecular complexity index is 268. The highest BCUT2D eigenvalue weighted by atomic mass is 16.5.